The summed E-state index contributed by atoms with van der Waals surface area (Å²) in [7, 11) is 1.92. The van der Waals surface area contributed by atoms with Crippen molar-refractivity contribution in [2.45, 2.75) is 53.1 Å². The average molecular weight is 279 g/mol. The minimum atomic E-state index is 0.434. The van der Waals surface area contributed by atoms with E-state index in [1.807, 2.05) is 19.4 Å². The molecule has 1 rings (SSSR count). The quantitative estimate of drug-likeness (QED) is 0.595. The second-order valence-corrected chi connectivity index (χ2v) is 5.73. The molecule has 0 amide bonds. The molecule has 20 heavy (non-hydrogen) atoms. The Balaban J connectivity index is 2.49. The molecular formula is C15H29N5. The average Bonchev–Trinajstić information content (AvgIpc) is 2.80. The summed E-state index contributed by atoms with van der Waals surface area (Å²) in [6, 6.07) is 0.434. The van der Waals surface area contributed by atoms with E-state index in [-0.39, 0.29) is 0 Å². The van der Waals surface area contributed by atoms with E-state index in [4.69, 9.17) is 0 Å². The number of nitrogens with zero attached hydrogens (tertiary/aromatic N) is 3. The van der Waals surface area contributed by atoms with Gasteiger partial charge >= 0.3 is 0 Å². The molecule has 0 saturated carbocycles. The van der Waals surface area contributed by atoms with Gasteiger partial charge in [0.15, 0.2) is 5.96 Å². The number of aliphatic imine (C=N–C) groups is 1. The fourth-order valence-electron chi connectivity index (χ4n) is 1.93. The monoisotopic (exact) mass is 279 g/mol. The van der Waals surface area contributed by atoms with Gasteiger partial charge in [0.2, 0.25) is 0 Å². The van der Waals surface area contributed by atoms with Crippen molar-refractivity contribution in [1.82, 2.24) is 20.4 Å². The van der Waals surface area contributed by atoms with E-state index in [9.17, 15) is 0 Å². The number of nitrogens with one attached hydrogen (secondary N) is 2. The van der Waals surface area contributed by atoms with Crippen LogP contribution in [0, 0.1) is 5.92 Å². The molecule has 5 heteroatoms. The smallest absolute Gasteiger partial charge is 0.191 e. The lowest BCUT2D eigenvalue weighted by Crippen LogP contribution is -2.42. The summed E-state index contributed by atoms with van der Waals surface area (Å²) in [5.41, 5.74) is 1.12. The first-order chi connectivity index (χ1) is 9.51. The molecule has 0 aliphatic rings. The lowest BCUT2D eigenvalue weighted by Gasteiger charge is -2.18. The van der Waals surface area contributed by atoms with Crippen molar-refractivity contribution in [3.05, 3.63) is 18.0 Å². The minimum Gasteiger partial charge on any atom is -0.357 e. The highest BCUT2D eigenvalue weighted by Crippen LogP contribution is 2.06. The van der Waals surface area contributed by atoms with E-state index in [0.717, 1.165) is 30.4 Å². The summed E-state index contributed by atoms with van der Waals surface area (Å²) < 4.78 is 1.80. The van der Waals surface area contributed by atoms with Gasteiger partial charge in [-0.2, -0.15) is 5.10 Å². The molecule has 0 spiro atoms. The van der Waals surface area contributed by atoms with E-state index >= 15 is 0 Å². The molecule has 5 nitrogen and oxygen atoms in total. The van der Waals surface area contributed by atoms with Crippen LogP contribution < -0.4 is 10.6 Å². The molecule has 1 aromatic heterocycles. The predicted molar refractivity (Wildman–Crippen MR) is 84.7 cm³/mol. The number of aryl methyl sites for hydroxylation is 1. The molecule has 0 aliphatic carbocycles. The maximum atomic E-state index is 4.61. The number of hydrogen-bond donors (Lipinski definition) is 2. The van der Waals surface area contributed by atoms with E-state index in [1.54, 1.807) is 4.68 Å². The number of hydrogen-bond acceptors (Lipinski definition) is 2. The number of guanidine groups is 1. The number of aromatic nitrogens is 2. The third-order valence-corrected chi connectivity index (χ3v) is 3.08. The molecule has 1 aromatic rings. The lowest BCUT2D eigenvalue weighted by molar-refractivity contribution is 0.489. The second-order valence-electron chi connectivity index (χ2n) is 5.73. The van der Waals surface area contributed by atoms with Gasteiger partial charge < -0.3 is 10.6 Å². The molecule has 1 atom stereocenters. The van der Waals surface area contributed by atoms with Crippen LogP contribution in [0.3, 0.4) is 0 Å². The van der Waals surface area contributed by atoms with E-state index in [2.05, 4.69) is 48.4 Å². The van der Waals surface area contributed by atoms with Crippen molar-refractivity contribution in [3.63, 3.8) is 0 Å². The molecule has 1 heterocycles. The van der Waals surface area contributed by atoms with Crippen LogP contribution in [0.15, 0.2) is 17.4 Å². The molecule has 0 bridgehead atoms. The van der Waals surface area contributed by atoms with Gasteiger partial charge in [-0.05, 0) is 32.6 Å². The molecule has 114 valence electrons. The van der Waals surface area contributed by atoms with Crippen LogP contribution in [-0.2, 0) is 13.6 Å². The normalized spacial score (nSPS) is 13.6. The first kappa shape index (κ1) is 16.5. The standard InChI is InChI=1S/C15H29N5/c1-6-16-15(19-13(4)8-7-12(2)3)17-9-14-10-18-20(5)11-14/h10-13H,6-9H2,1-5H3,(H2,16,17,19). The Kier molecular flexibility index (Phi) is 7.12. The SMILES string of the molecule is CCNC(=NCc1cnn(C)c1)NC(C)CCC(C)C. The minimum absolute atomic E-state index is 0.434. The highest BCUT2D eigenvalue weighted by atomic mass is 15.2. The van der Waals surface area contributed by atoms with Crippen LogP contribution in [0.25, 0.3) is 0 Å². The van der Waals surface area contributed by atoms with Gasteiger partial charge in [-0.25, -0.2) is 4.99 Å². The molecule has 0 aliphatic heterocycles. The van der Waals surface area contributed by atoms with Crippen LogP contribution in [0.4, 0.5) is 0 Å². The van der Waals surface area contributed by atoms with Crippen LogP contribution in [0.1, 0.15) is 46.1 Å². The highest BCUT2D eigenvalue weighted by Gasteiger charge is 2.06. The summed E-state index contributed by atoms with van der Waals surface area (Å²) >= 11 is 0. The van der Waals surface area contributed by atoms with Gasteiger partial charge in [-0.15, -0.1) is 0 Å². The van der Waals surface area contributed by atoms with Crippen molar-refractivity contribution in [2.75, 3.05) is 6.54 Å². The van der Waals surface area contributed by atoms with Crippen molar-refractivity contribution in [1.29, 1.82) is 0 Å². The van der Waals surface area contributed by atoms with Crippen molar-refractivity contribution < 1.29 is 0 Å². The maximum absolute atomic E-state index is 4.61. The van der Waals surface area contributed by atoms with Crippen molar-refractivity contribution in [2.24, 2.45) is 18.0 Å². The fourth-order valence-corrected chi connectivity index (χ4v) is 1.93. The Morgan fingerprint density at radius 2 is 2.10 bits per heavy atom. The summed E-state index contributed by atoms with van der Waals surface area (Å²) in [6.07, 6.45) is 6.25. The summed E-state index contributed by atoms with van der Waals surface area (Å²) in [6.45, 7) is 10.3. The second kappa shape index (κ2) is 8.61. The van der Waals surface area contributed by atoms with Gasteiger partial charge in [0.1, 0.15) is 0 Å². The molecule has 2 N–H and O–H groups in total. The summed E-state index contributed by atoms with van der Waals surface area (Å²) in [5.74, 6) is 1.63. The third kappa shape index (κ3) is 6.59. The Morgan fingerprint density at radius 3 is 2.65 bits per heavy atom. The third-order valence-electron chi connectivity index (χ3n) is 3.08. The molecule has 0 fully saturated rings. The molecular weight excluding hydrogens is 250 g/mol. The highest BCUT2D eigenvalue weighted by molar-refractivity contribution is 5.80. The molecule has 0 saturated heterocycles. The zero-order valence-corrected chi connectivity index (χ0v) is 13.5. The first-order valence-corrected chi connectivity index (χ1v) is 7.53. The topological polar surface area (TPSA) is 54.2 Å². The zero-order chi connectivity index (χ0) is 15.0. The van der Waals surface area contributed by atoms with E-state index < -0.39 is 0 Å². The van der Waals surface area contributed by atoms with Gasteiger partial charge in [-0.1, -0.05) is 13.8 Å². The van der Waals surface area contributed by atoms with Gasteiger partial charge in [-0.3, -0.25) is 4.68 Å². The van der Waals surface area contributed by atoms with Gasteiger partial charge in [0.25, 0.3) is 0 Å². The Bertz CT molecular complexity index is 408. The first-order valence-electron chi connectivity index (χ1n) is 7.53. The van der Waals surface area contributed by atoms with Crippen LogP contribution in [0.2, 0.25) is 0 Å². The summed E-state index contributed by atoms with van der Waals surface area (Å²) in [5, 5.41) is 10.9. The van der Waals surface area contributed by atoms with Crippen molar-refractivity contribution in [3.8, 4) is 0 Å². The van der Waals surface area contributed by atoms with Crippen molar-refractivity contribution >= 4 is 5.96 Å². The Hall–Kier alpha value is -1.52. The van der Waals surface area contributed by atoms with Crippen LogP contribution in [-0.4, -0.2) is 28.3 Å². The van der Waals surface area contributed by atoms with Crippen LogP contribution >= 0.6 is 0 Å². The molecule has 0 aromatic carbocycles. The number of rotatable bonds is 7. The van der Waals surface area contributed by atoms with E-state index in [0.29, 0.717) is 12.6 Å². The Labute approximate surface area is 122 Å². The fraction of sp³-hybridized carbons (Fsp3) is 0.733. The molecule has 0 radical (unpaired) electrons. The van der Waals surface area contributed by atoms with E-state index in [1.165, 1.54) is 6.42 Å². The lowest BCUT2D eigenvalue weighted by atomic mass is 10.0. The summed E-state index contributed by atoms with van der Waals surface area (Å²) in [4.78, 5) is 4.61. The largest absolute Gasteiger partial charge is 0.357 e. The maximum Gasteiger partial charge on any atom is 0.191 e. The van der Waals surface area contributed by atoms with Crippen LogP contribution in [0.5, 0.6) is 0 Å². The van der Waals surface area contributed by atoms with Gasteiger partial charge in [0.05, 0.1) is 12.7 Å². The molecule has 1 unspecified atom stereocenters. The Morgan fingerprint density at radius 1 is 1.35 bits per heavy atom. The van der Waals surface area contributed by atoms with Gasteiger partial charge in [0, 0.05) is 31.4 Å². The predicted octanol–water partition coefficient (Wildman–Crippen LogP) is 2.30. The zero-order valence-electron chi connectivity index (χ0n) is 13.5.